The number of amides is 1. The number of likely N-dealkylation sites (tertiary alicyclic amines) is 1. The van der Waals surface area contributed by atoms with Crippen molar-refractivity contribution >= 4 is 28.8 Å². The van der Waals surface area contributed by atoms with Crippen LogP contribution in [0.2, 0.25) is 0 Å². The van der Waals surface area contributed by atoms with Crippen molar-refractivity contribution in [2.45, 2.75) is 44.6 Å². The molecule has 3 heterocycles. The van der Waals surface area contributed by atoms with Crippen LogP contribution in [0.3, 0.4) is 0 Å². The van der Waals surface area contributed by atoms with E-state index in [0.29, 0.717) is 18.0 Å². The van der Waals surface area contributed by atoms with Crippen molar-refractivity contribution in [3.05, 3.63) is 48.5 Å². The number of hydrogen-bond acceptors (Lipinski definition) is 7. The molecule has 0 spiro atoms. The number of ether oxygens (including phenoxy) is 2. The number of nitrogens with zero attached hydrogens (tertiary/aromatic N) is 2. The molecule has 2 aromatic rings. The van der Waals surface area contributed by atoms with E-state index in [4.69, 9.17) is 17.8 Å². The maximum Gasteiger partial charge on any atom is 0.410 e. The van der Waals surface area contributed by atoms with Crippen molar-refractivity contribution in [2.75, 3.05) is 18.0 Å². The predicted molar refractivity (Wildman–Crippen MR) is 115 cm³/mol. The van der Waals surface area contributed by atoms with Crippen LogP contribution in [-0.2, 0) is 24.5 Å². The van der Waals surface area contributed by atoms with Gasteiger partial charge in [-0.15, -0.1) is 0 Å². The van der Waals surface area contributed by atoms with Gasteiger partial charge in [0, 0.05) is 6.54 Å². The Balaban J connectivity index is 1.56. The van der Waals surface area contributed by atoms with Crippen molar-refractivity contribution < 1.29 is 26.8 Å². The van der Waals surface area contributed by atoms with E-state index in [9.17, 15) is 9.00 Å². The number of anilines is 2. The maximum atomic E-state index is 12.9. The van der Waals surface area contributed by atoms with Crippen LogP contribution in [-0.4, -0.2) is 52.1 Å². The number of carbonyl (C=O) groups is 1. The zero-order valence-electron chi connectivity index (χ0n) is 17.5. The normalized spacial score (nSPS) is 27.1. The van der Waals surface area contributed by atoms with Crippen molar-refractivity contribution in [2.24, 2.45) is 0 Å². The first-order valence-corrected chi connectivity index (χ1v) is 11.2. The Bertz CT molecular complexity index is 993. The molecule has 3 aliphatic heterocycles. The highest BCUT2D eigenvalue weighted by atomic mass is 32.2. The molecule has 1 amide bonds. The molecule has 0 bridgehead atoms. The minimum Gasteiger partial charge on any atom is -0.453 e. The Morgan fingerprint density at radius 2 is 1.61 bits per heavy atom. The molecule has 0 aliphatic carbocycles. The van der Waals surface area contributed by atoms with Crippen LogP contribution in [0.25, 0.3) is 0 Å². The van der Waals surface area contributed by atoms with Gasteiger partial charge in [0.2, 0.25) is 0 Å². The SMILES string of the molecule is CC(C)(C)OC(=O)N1C[C@@H]2OS(=O)O[C@@H]2[C@@H](N2c3ccccc3Oc3ccccc32)C1. The number of rotatable bonds is 1. The molecule has 2 fully saturated rings. The van der Waals surface area contributed by atoms with Gasteiger partial charge in [-0.1, -0.05) is 24.3 Å². The van der Waals surface area contributed by atoms with Crippen LogP contribution in [0.15, 0.2) is 48.5 Å². The molecular weight excluding hydrogens is 420 g/mol. The molecule has 0 radical (unpaired) electrons. The summed E-state index contributed by atoms with van der Waals surface area (Å²) in [7, 11) is 0. The topological polar surface area (TPSA) is 77.5 Å². The van der Waals surface area contributed by atoms with Crippen LogP contribution in [0.1, 0.15) is 20.8 Å². The minimum absolute atomic E-state index is 0.245. The first kappa shape index (κ1) is 20.3. The second-order valence-corrected chi connectivity index (χ2v) is 9.55. The average molecular weight is 445 g/mol. The van der Waals surface area contributed by atoms with Gasteiger partial charge in [-0.25, -0.2) is 4.79 Å². The van der Waals surface area contributed by atoms with Crippen LogP contribution in [0.5, 0.6) is 11.5 Å². The van der Waals surface area contributed by atoms with Crippen LogP contribution < -0.4 is 9.64 Å². The Morgan fingerprint density at radius 1 is 1.00 bits per heavy atom. The zero-order chi connectivity index (χ0) is 21.8. The van der Waals surface area contributed by atoms with E-state index in [0.717, 1.165) is 11.4 Å². The molecule has 5 rings (SSSR count). The van der Waals surface area contributed by atoms with E-state index in [1.165, 1.54) is 0 Å². The van der Waals surface area contributed by atoms with Gasteiger partial charge >= 0.3 is 17.5 Å². The number of carbonyl (C=O) groups excluding carboxylic acids is 1. The molecule has 0 aromatic heterocycles. The lowest BCUT2D eigenvalue weighted by Crippen LogP contribution is -2.61. The molecule has 2 saturated heterocycles. The Morgan fingerprint density at radius 3 is 2.23 bits per heavy atom. The second kappa shape index (κ2) is 7.51. The molecule has 1 unspecified atom stereocenters. The smallest absolute Gasteiger partial charge is 0.410 e. The van der Waals surface area contributed by atoms with E-state index in [2.05, 4.69) is 4.90 Å². The largest absolute Gasteiger partial charge is 0.453 e. The van der Waals surface area contributed by atoms with Gasteiger partial charge in [0.05, 0.1) is 24.0 Å². The van der Waals surface area contributed by atoms with E-state index >= 15 is 0 Å². The second-order valence-electron chi connectivity index (χ2n) is 8.76. The summed E-state index contributed by atoms with van der Waals surface area (Å²) in [5.41, 5.74) is 1.06. The van der Waals surface area contributed by atoms with E-state index in [1.54, 1.807) is 4.90 Å². The quantitative estimate of drug-likeness (QED) is 0.660. The molecular formula is C22H24N2O6S. The Labute approximate surface area is 183 Å². The third kappa shape index (κ3) is 3.77. The maximum absolute atomic E-state index is 12.9. The summed E-state index contributed by atoms with van der Waals surface area (Å²) in [4.78, 5) is 16.6. The molecule has 3 aliphatic rings. The lowest BCUT2D eigenvalue weighted by Gasteiger charge is -2.46. The summed E-state index contributed by atoms with van der Waals surface area (Å²) in [5, 5.41) is 0. The fraction of sp³-hybridized carbons (Fsp3) is 0.409. The fourth-order valence-electron chi connectivity index (χ4n) is 4.19. The minimum atomic E-state index is -1.87. The number of hydrogen-bond donors (Lipinski definition) is 0. The van der Waals surface area contributed by atoms with Gasteiger partial charge in [-0.2, -0.15) is 4.21 Å². The highest BCUT2D eigenvalue weighted by Crippen LogP contribution is 2.49. The summed E-state index contributed by atoms with van der Waals surface area (Å²) < 4.78 is 35.0. The van der Waals surface area contributed by atoms with Gasteiger partial charge < -0.3 is 19.3 Å². The third-order valence-electron chi connectivity index (χ3n) is 5.40. The number of piperidine rings is 1. The summed E-state index contributed by atoms with van der Waals surface area (Å²) in [6.07, 6.45) is -1.46. The molecule has 31 heavy (non-hydrogen) atoms. The lowest BCUT2D eigenvalue weighted by atomic mass is 9.96. The van der Waals surface area contributed by atoms with Crippen LogP contribution in [0.4, 0.5) is 16.2 Å². The average Bonchev–Trinajstić information content (AvgIpc) is 3.10. The predicted octanol–water partition coefficient (Wildman–Crippen LogP) is 3.91. The fourth-order valence-corrected chi connectivity index (χ4v) is 5.04. The van der Waals surface area contributed by atoms with Gasteiger partial charge in [0.1, 0.15) is 17.8 Å². The third-order valence-corrected chi connectivity index (χ3v) is 6.18. The lowest BCUT2D eigenvalue weighted by molar-refractivity contribution is -0.00656. The number of para-hydroxylation sites is 4. The Kier molecular flexibility index (Phi) is 4.91. The highest BCUT2D eigenvalue weighted by Gasteiger charge is 2.51. The van der Waals surface area contributed by atoms with Gasteiger partial charge in [0.15, 0.2) is 11.5 Å². The van der Waals surface area contributed by atoms with Crippen molar-refractivity contribution in [1.82, 2.24) is 4.90 Å². The summed E-state index contributed by atoms with van der Waals surface area (Å²) in [6, 6.07) is 15.0. The number of fused-ring (bicyclic) bond motifs is 3. The monoisotopic (exact) mass is 444 g/mol. The molecule has 164 valence electrons. The molecule has 4 atom stereocenters. The molecule has 8 nitrogen and oxygen atoms in total. The molecule has 9 heteroatoms. The first-order valence-electron chi connectivity index (χ1n) is 10.2. The highest BCUT2D eigenvalue weighted by molar-refractivity contribution is 7.75. The van der Waals surface area contributed by atoms with E-state index in [-0.39, 0.29) is 12.6 Å². The summed E-state index contributed by atoms with van der Waals surface area (Å²) in [6.45, 7) is 6.05. The van der Waals surface area contributed by atoms with E-state index in [1.807, 2.05) is 69.3 Å². The number of benzene rings is 2. The van der Waals surface area contributed by atoms with Crippen molar-refractivity contribution in [3.63, 3.8) is 0 Å². The van der Waals surface area contributed by atoms with Crippen LogP contribution in [0, 0.1) is 0 Å². The van der Waals surface area contributed by atoms with Crippen molar-refractivity contribution in [1.29, 1.82) is 0 Å². The van der Waals surface area contributed by atoms with Gasteiger partial charge in [0.25, 0.3) is 0 Å². The molecule has 2 aromatic carbocycles. The van der Waals surface area contributed by atoms with E-state index < -0.39 is 35.3 Å². The van der Waals surface area contributed by atoms with Gasteiger partial charge in [-0.05, 0) is 45.0 Å². The standard InChI is InChI=1S/C22H24N2O6S/c1-22(2,3)28-21(25)23-12-16(20-19(13-23)29-31(26)30-20)24-14-8-4-6-10-17(14)27-18-11-7-5-9-15(18)24/h4-11,16,19-20H,12-13H2,1-3H3/t16-,19-,20+,31?/m0/s1. The Hall–Kier alpha value is -2.62. The van der Waals surface area contributed by atoms with Crippen molar-refractivity contribution in [3.8, 4) is 11.5 Å². The van der Waals surface area contributed by atoms with Crippen LogP contribution >= 0.6 is 0 Å². The molecule has 0 saturated carbocycles. The van der Waals surface area contributed by atoms with Gasteiger partial charge in [-0.3, -0.25) is 8.37 Å². The summed E-state index contributed by atoms with van der Waals surface area (Å²) in [5.74, 6) is 1.40. The molecule has 0 N–H and O–H groups in total. The summed E-state index contributed by atoms with van der Waals surface area (Å²) >= 11 is -1.87. The zero-order valence-corrected chi connectivity index (χ0v) is 18.3. The first-order chi connectivity index (χ1) is 14.8.